The van der Waals surface area contributed by atoms with Gasteiger partial charge in [-0.25, -0.2) is 0 Å². The molecule has 0 spiro atoms. The number of allylic oxidation sites excluding steroid dienone is 1. The van der Waals surface area contributed by atoms with E-state index in [0.717, 1.165) is 18.4 Å². The standard InChI is InChI=1S/C17H21NO2S/c1-12-10-18(11-13(2)21(12)20)17(19)16-8-7-14-5-3-4-6-15(14)9-16/h3,5,7-9,12-13H,4,6,10-11H2,1-2H3. The molecule has 112 valence electrons. The van der Waals surface area contributed by atoms with Crippen LogP contribution >= 0.6 is 0 Å². The minimum Gasteiger partial charge on any atom is -0.336 e. The molecule has 1 fully saturated rings. The van der Waals surface area contributed by atoms with Gasteiger partial charge in [0.2, 0.25) is 0 Å². The van der Waals surface area contributed by atoms with Gasteiger partial charge in [-0.2, -0.15) is 0 Å². The first-order chi connectivity index (χ1) is 10.1. The molecule has 0 radical (unpaired) electrons. The van der Waals surface area contributed by atoms with Crippen molar-refractivity contribution in [2.75, 3.05) is 13.1 Å². The normalized spacial score (nSPS) is 28.3. The van der Waals surface area contributed by atoms with Crippen LogP contribution in [0.1, 0.15) is 41.8 Å². The summed E-state index contributed by atoms with van der Waals surface area (Å²) >= 11 is 0. The van der Waals surface area contributed by atoms with Crippen LogP contribution in [0.15, 0.2) is 24.3 Å². The highest BCUT2D eigenvalue weighted by Gasteiger charge is 2.31. The lowest BCUT2D eigenvalue weighted by Crippen LogP contribution is -2.49. The van der Waals surface area contributed by atoms with Crippen LogP contribution in [0.5, 0.6) is 0 Å². The van der Waals surface area contributed by atoms with Gasteiger partial charge in [0.15, 0.2) is 0 Å². The molecular weight excluding hydrogens is 282 g/mol. The third-order valence-electron chi connectivity index (χ3n) is 4.30. The highest BCUT2D eigenvalue weighted by atomic mass is 32.2. The highest BCUT2D eigenvalue weighted by Crippen LogP contribution is 2.23. The molecule has 2 atom stereocenters. The monoisotopic (exact) mass is 303 g/mol. The van der Waals surface area contributed by atoms with Crippen LogP contribution in [0.2, 0.25) is 0 Å². The second kappa shape index (κ2) is 5.76. The molecule has 3 nitrogen and oxygen atoms in total. The predicted molar refractivity (Wildman–Crippen MR) is 86.8 cm³/mol. The van der Waals surface area contributed by atoms with E-state index < -0.39 is 10.8 Å². The number of aryl methyl sites for hydroxylation is 1. The van der Waals surface area contributed by atoms with Crippen molar-refractivity contribution in [3.8, 4) is 0 Å². The molecule has 1 amide bonds. The molecule has 1 aliphatic carbocycles. The molecule has 1 aliphatic heterocycles. The van der Waals surface area contributed by atoms with Crippen LogP contribution in [0.25, 0.3) is 6.08 Å². The van der Waals surface area contributed by atoms with E-state index in [2.05, 4.69) is 12.2 Å². The molecule has 2 aliphatic rings. The number of fused-ring (bicyclic) bond motifs is 1. The van der Waals surface area contributed by atoms with Gasteiger partial charge in [-0.3, -0.25) is 9.00 Å². The van der Waals surface area contributed by atoms with E-state index in [9.17, 15) is 9.00 Å². The zero-order valence-electron chi connectivity index (χ0n) is 12.5. The van der Waals surface area contributed by atoms with Crippen molar-refractivity contribution in [1.29, 1.82) is 0 Å². The summed E-state index contributed by atoms with van der Waals surface area (Å²) in [6, 6.07) is 5.98. The van der Waals surface area contributed by atoms with E-state index in [1.807, 2.05) is 36.9 Å². The number of rotatable bonds is 1. The molecule has 21 heavy (non-hydrogen) atoms. The molecule has 1 aromatic carbocycles. The Balaban J connectivity index is 1.82. The third kappa shape index (κ3) is 2.82. The molecule has 1 heterocycles. The van der Waals surface area contributed by atoms with Crippen LogP contribution in [0.4, 0.5) is 0 Å². The first kappa shape index (κ1) is 14.5. The highest BCUT2D eigenvalue weighted by molar-refractivity contribution is 7.86. The molecule has 1 saturated heterocycles. The first-order valence-electron chi connectivity index (χ1n) is 7.54. The van der Waals surface area contributed by atoms with Crippen LogP contribution in [-0.4, -0.2) is 38.6 Å². The summed E-state index contributed by atoms with van der Waals surface area (Å²) in [7, 11) is -0.828. The van der Waals surface area contributed by atoms with Gasteiger partial charge in [-0.05, 0) is 49.9 Å². The number of carbonyl (C=O) groups excluding carboxylic acids is 1. The lowest BCUT2D eigenvalue weighted by Gasteiger charge is -2.34. The van der Waals surface area contributed by atoms with E-state index in [1.54, 1.807) is 0 Å². The predicted octanol–water partition coefficient (Wildman–Crippen LogP) is 2.63. The maximum absolute atomic E-state index is 12.7. The van der Waals surface area contributed by atoms with E-state index >= 15 is 0 Å². The summed E-state index contributed by atoms with van der Waals surface area (Å²) in [5.41, 5.74) is 3.24. The van der Waals surface area contributed by atoms with Crippen molar-refractivity contribution >= 4 is 22.8 Å². The van der Waals surface area contributed by atoms with Crippen molar-refractivity contribution in [1.82, 2.24) is 4.90 Å². The molecule has 2 unspecified atom stereocenters. The van der Waals surface area contributed by atoms with E-state index in [0.29, 0.717) is 13.1 Å². The molecule has 1 aromatic rings. The van der Waals surface area contributed by atoms with Crippen molar-refractivity contribution in [3.63, 3.8) is 0 Å². The molecule has 0 N–H and O–H groups in total. The minimum absolute atomic E-state index is 0.0539. The van der Waals surface area contributed by atoms with E-state index in [1.165, 1.54) is 11.1 Å². The summed E-state index contributed by atoms with van der Waals surface area (Å²) < 4.78 is 12.0. The minimum atomic E-state index is -0.828. The van der Waals surface area contributed by atoms with Crippen molar-refractivity contribution in [2.24, 2.45) is 0 Å². The molecule has 4 heteroatoms. The smallest absolute Gasteiger partial charge is 0.253 e. The van der Waals surface area contributed by atoms with Crippen LogP contribution in [0.3, 0.4) is 0 Å². The second-order valence-corrected chi connectivity index (χ2v) is 8.28. The molecular formula is C17H21NO2S. The fraction of sp³-hybridized carbons (Fsp3) is 0.471. The Morgan fingerprint density at radius 2 is 1.95 bits per heavy atom. The van der Waals surface area contributed by atoms with Gasteiger partial charge in [0.1, 0.15) is 0 Å². The average molecular weight is 303 g/mol. The van der Waals surface area contributed by atoms with E-state index in [4.69, 9.17) is 0 Å². The van der Waals surface area contributed by atoms with Gasteiger partial charge in [0.25, 0.3) is 5.91 Å². The number of benzene rings is 1. The molecule has 0 bridgehead atoms. The zero-order valence-corrected chi connectivity index (χ0v) is 13.4. The second-order valence-electron chi connectivity index (χ2n) is 6.01. The Labute approximate surface area is 128 Å². The lowest BCUT2D eigenvalue weighted by atomic mass is 9.95. The Bertz CT molecular complexity index is 609. The average Bonchev–Trinajstić information content (AvgIpc) is 2.51. The number of carbonyl (C=O) groups is 1. The third-order valence-corrected chi connectivity index (χ3v) is 6.19. The SMILES string of the molecule is CC1CN(C(=O)c2ccc3c(c2)CCC=C3)CC(C)S1=O. The Morgan fingerprint density at radius 1 is 1.24 bits per heavy atom. The fourth-order valence-corrected chi connectivity index (χ4v) is 4.60. The quantitative estimate of drug-likeness (QED) is 0.800. The number of hydrogen-bond acceptors (Lipinski definition) is 2. The Morgan fingerprint density at radius 3 is 2.67 bits per heavy atom. The van der Waals surface area contributed by atoms with Gasteiger partial charge >= 0.3 is 0 Å². The molecule has 3 rings (SSSR count). The summed E-state index contributed by atoms with van der Waals surface area (Å²) in [5, 5.41) is 0.108. The van der Waals surface area contributed by atoms with Gasteiger partial charge in [-0.1, -0.05) is 18.2 Å². The van der Waals surface area contributed by atoms with Gasteiger partial charge in [0.05, 0.1) is 0 Å². The largest absolute Gasteiger partial charge is 0.336 e. The summed E-state index contributed by atoms with van der Waals surface area (Å²) in [5.74, 6) is 0.0720. The van der Waals surface area contributed by atoms with Crippen molar-refractivity contribution < 1.29 is 9.00 Å². The van der Waals surface area contributed by atoms with Crippen molar-refractivity contribution in [2.45, 2.75) is 37.2 Å². The summed E-state index contributed by atoms with van der Waals surface area (Å²) in [6.45, 7) is 5.10. The first-order valence-corrected chi connectivity index (χ1v) is 8.82. The van der Waals surface area contributed by atoms with Crippen LogP contribution < -0.4 is 0 Å². The van der Waals surface area contributed by atoms with Gasteiger partial charge in [0, 0.05) is 40.0 Å². The van der Waals surface area contributed by atoms with Gasteiger partial charge < -0.3 is 4.90 Å². The molecule has 0 saturated carbocycles. The topological polar surface area (TPSA) is 37.4 Å². The lowest BCUT2D eigenvalue weighted by molar-refractivity contribution is 0.0751. The maximum Gasteiger partial charge on any atom is 0.253 e. The number of hydrogen-bond donors (Lipinski definition) is 0. The Hall–Kier alpha value is -1.42. The van der Waals surface area contributed by atoms with Crippen LogP contribution in [-0.2, 0) is 17.2 Å². The Kier molecular flexibility index (Phi) is 3.98. The molecule has 0 aromatic heterocycles. The van der Waals surface area contributed by atoms with Crippen molar-refractivity contribution in [3.05, 3.63) is 41.0 Å². The van der Waals surface area contributed by atoms with Crippen LogP contribution in [0, 0.1) is 0 Å². The number of nitrogens with zero attached hydrogens (tertiary/aromatic N) is 1. The summed E-state index contributed by atoms with van der Waals surface area (Å²) in [4.78, 5) is 14.6. The van der Waals surface area contributed by atoms with E-state index in [-0.39, 0.29) is 16.4 Å². The zero-order chi connectivity index (χ0) is 15.0. The maximum atomic E-state index is 12.7. The summed E-state index contributed by atoms with van der Waals surface area (Å²) in [6.07, 6.45) is 6.35. The van der Waals surface area contributed by atoms with Gasteiger partial charge in [-0.15, -0.1) is 0 Å². The fourth-order valence-electron chi connectivity index (χ4n) is 3.15. The number of amides is 1.